The highest BCUT2D eigenvalue weighted by molar-refractivity contribution is 5.28. The third kappa shape index (κ3) is 7.13. The van der Waals surface area contributed by atoms with E-state index in [0.29, 0.717) is 32.3 Å². The van der Waals surface area contributed by atoms with E-state index in [9.17, 15) is 13.2 Å². The van der Waals surface area contributed by atoms with Crippen LogP contribution in [0.3, 0.4) is 0 Å². The fourth-order valence-corrected chi connectivity index (χ4v) is 3.43. The molecule has 0 N–H and O–H groups in total. The Hall–Kier alpha value is -1.35. The van der Waals surface area contributed by atoms with Crippen LogP contribution in [0.1, 0.15) is 44.5 Å². The second-order valence-electron chi connectivity index (χ2n) is 7.63. The van der Waals surface area contributed by atoms with Crippen LogP contribution < -0.4 is 4.74 Å². The van der Waals surface area contributed by atoms with Gasteiger partial charge in [0.05, 0.1) is 32.3 Å². The monoisotopic (exact) mass is 418 g/mol. The summed E-state index contributed by atoms with van der Waals surface area (Å²) in [6, 6.07) is 6.24. The van der Waals surface area contributed by atoms with Crippen molar-refractivity contribution in [2.75, 3.05) is 33.0 Å². The fraction of sp³-hybridized carbons (Fsp3) is 0.714. The van der Waals surface area contributed by atoms with Crippen LogP contribution in [-0.2, 0) is 18.9 Å². The van der Waals surface area contributed by atoms with Gasteiger partial charge in [-0.1, -0.05) is 38.3 Å². The lowest BCUT2D eigenvalue weighted by molar-refractivity contribution is -0.283. The van der Waals surface area contributed by atoms with Crippen molar-refractivity contribution in [2.45, 2.75) is 51.4 Å². The lowest BCUT2D eigenvalue weighted by Gasteiger charge is -2.37. The van der Waals surface area contributed by atoms with Gasteiger partial charge >= 0.3 is 6.18 Å². The van der Waals surface area contributed by atoms with Crippen molar-refractivity contribution in [1.29, 1.82) is 0 Å². The van der Waals surface area contributed by atoms with E-state index in [1.807, 2.05) is 0 Å². The smallest absolute Gasteiger partial charge is 0.422 e. The molecule has 3 rings (SSSR count). The largest absolute Gasteiger partial charge is 0.484 e. The topological polar surface area (TPSA) is 46.2 Å². The summed E-state index contributed by atoms with van der Waals surface area (Å²) in [5.41, 5.74) is 0.726. The molecule has 164 valence electrons. The van der Waals surface area contributed by atoms with Crippen molar-refractivity contribution in [3.8, 4) is 5.75 Å². The zero-order valence-electron chi connectivity index (χ0n) is 16.7. The highest BCUT2D eigenvalue weighted by Crippen LogP contribution is 2.30. The van der Waals surface area contributed by atoms with Crippen LogP contribution >= 0.6 is 0 Å². The van der Waals surface area contributed by atoms with Crippen LogP contribution in [-0.4, -0.2) is 45.5 Å². The number of benzene rings is 1. The lowest BCUT2D eigenvalue weighted by atomic mass is 10.0. The molecule has 8 heteroatoms. The molecule has 1 aromatic carbocycles. The first kappa shape index (κ1) is 22.3. The van der Waals surface area contributed by atoms with Gasteiger partial charge in [-0.3, -0.25) is 0 Å². The van der Waals surface area contributed by atoms with Crippen LogP contribution in [0.4, 0.5) is 13.2 Å². The minimum atomic E-state index is -4.36. The second-order valence-corrected chi connectivity index (χ2v) is 7.63. The van der Waals surface area contributed by atoms with Crippen LogP contribution in [0.15, 0.2) is 24.3 Å². The van der Waals surface area contributed by atoms with E-state index in [1.165, 1.54) is 31.4 Å². The summed E-state index contributed by atoms with van der Waals surface area (Å²) in [4.78, 5) is 0. The molecule has 2 aliphatic heterocycles. The molecule has 2 fully saturated rings. The summed E-state index contributed by atoms with van der Waals surface area (Å²) in [7, 11) is 0. The highest BCUT2D eigenvalue weighted by Gasteiger charge is 2.34. The molecule has 0 aromatic heterocycles. The van der Waals surface area contributed by atoms with Gasteiger partial charge in [-0.25, -0.2) is 0 Å². The van der Waals surface area contributed by atoms with Crippen LogP contribution in [0.25, 0.3) is 0 Å². The van der Waals surface area contributed by atoms with E-state index in [0.717, 1.165) is 12.0 Å². The number of ether oxygens (including phenoxy) is 5. The van der Waals surface area contributed by atoms with Gasteiger partial charge in [0.2, 0.25) is 0 Å². The molecule has 0 saturated carbocycles. The van der Waals surface area contributed by atoms with Crippen LogP contribution in [0.5, 0.6) is 5.75 Å². The number of halogens is 3. The maximum Gasteiger partial charge on any atom is 0.422 e. The van der Waals surface area contributed by atoms with Gasteiger partial charge in [-0.15, -0.1) is 0 Å². The first-order valence-electron chi connectivity index (χ1n) is 10.2. The Balaban J connectivity index is 1.39. The molecule has 5 nitrogen and oxygen atoms in total. The van der Waals surface area contributed by atoms with Crippen molar-refractivity contribution >= 4 is 0 Å². The zero-order valence-corrected chi connectivity index (χ0v) is 16.7. The highest BCUT2D eigenvalue weighted by atomic mass is 19.4. The molecule has 0 aliphatic carbocycles. The van der Waals surface area contributed by atoms with Gasteiger partial charge in [-0.2, -0.15) is 13.2 Å². The van der Waals surface area contributed by atoms with Crippen molar-refractivity contribution in [3.63, 3.8) is 0 Å². The number of alkyl halides is 3. The number of hydrogen-bond donors (Lipinski definition) is 0. The maximum atomic E-state index is 12.2. The minimum Gasteiger partial charge on any atom is -0.484 e. The van der Waals surface area contributed by atoms with Gasteiger partial charge in [0.15, 0.2) is 19.2 Å². The van der Waals surface area contributed by atoms with Crippen molar-refractivity contribution in [2.24, 2.45) is 11.8 Å². The quantitative estimate of drug-likeness (QED) is 0.565. The zero-order chi connectivity index (χ0) is 20.7. The molecule has 2 aliphatic rings. The van der Waals surface area contributed by atoms with E-state index in [-0.39, 0.29) is 18.0 Å². The maximum absolute atomic E-state index is 12.2. The van der Waals surface area contributed by atoms with Crippen LogP contribution in [0.2, 0.25) is 0 Å². The Morgan fingerprint density at radius 2 is 1.59 bits per heavy atom. The molecule has 0 amide bonds. The molecule has 1 aromatic rings. The summed E-state index contributed by atoms with van der Waals surface area (Å²) in [5.74, 6) is 0.601. The van der Waals surface area contributed by atoms with Crippen molar-refractivity contribution < 1.29 is 36.9 Å². The third-order valence-corrected chi connectivity index (χ3v) is 5.07. The van der Waals surface area contributed by atoms with Gasteiger partial charge in [0, 0.05) is 11.5 Å². The van der Waals surface area contributed by atoms with Crippen LogP contribution in [0, 0.1) is 11.8 Å². The molecule has 0 spiro atoms. The Bertz CT molecular complexity index is 591. The predicted octanol–water partition coefficient (Wildman–Crippen LogP) is 4.86. The predicted molar refractivity (Wildman–Crippen MR) is 99.5 cm³/mol. The summed E-state index contributed by atoms with van der Waals surface area (Å²) >= 11 is 0. The molecule has 2 saturated heterocycles. The number of unbranched alkanes of at least 4 members (excludes halogenated alkanes) is 2. The van der Waals surface area contributed by atoms with Gasteiger partial charge in [0.25, 0.3) is 0 Å². The molecule has 0 unspecified atom stereocenters. The Morgan fingerprint density at radius 1 is 0.931 bits per heavy atom. The minimum absolute atomic E-state index is 0.00256. The Labute approximate surface area is 169 Å². The normalized spacial score (nSPS) is 28.3. The van der Waals surface area contributed by atoms with E-state index in [1.54, 1.807) is 12.1 Å². The van der Waals surface area contributed by atoms with Gasteiger partial charge < -0.3 is 23.7 Å². The number of rotatable bonds is 8. The van der Waals surface area contributed by atoms with E-state index >= 15 is 0 Å². The third-order valence-electron chi connectivity index (χ3n) is 5.07. The summed E-state index contributed by atoms with van der Waals surface area (Å²) in [6.07, 6.45) is -0.467. The summed E-state index contributed by atoms with van der Waals surface area (Å²) < 4.78 is 64.7. The standard InChI is InChI=1S/C21H29F3O5/c1-2-3-4-5-15-10-25-20(26-11-15)17-12-27-19(28-13-17)16-6-8-18(9-7-16)29-14-21(22,23)24/h6-9,15,17,19-20H,2-5,10-14H2,1H3/t15-,17-,19-,20-. The Morgan fingerprint density at radius 3 is 2.17 bits per heavy atom. The molecular formula is C21H29F3O5. The lowest BCUT2D eigenvalue weighted by Crippen LogP contribution is -2.43. The number of hydrogen-bond acceptors (Lipinski definition) is 5. The molecular weight excluding hydrogens is 389 g/mol. The SMILES string of the molecule is CCCCC[C@H]1CO[C@H]([C@H]2CO[C@H](c3ccc(OCC(F)(F)F)cc3)OC2)OC1. The van der Waals surface area contributed by atoms with E-state index in [2.05, 4.69) is 6.92 Å². The van der Waals surface area contributed by atoms with Gasteiger partial charge in [0.1, 0.15) is 5.75 Å². The van der Waals surface area contributed by atoms with Crippen molar-refractivity contribution in [3.05, 3.63) is 29.8 Å². The molecule has 2 heterocycles. The van der Waals surface area contributed by atoms with E-state index < -0.39 is 19.1 Å². The first-order valence-corrected chi connectivity index (χ1v) is 10.2. The molecule has 0 atom stereocenters. The fourth-order valence-electron chi connectivity index (χ4n) is 3.43. The average molecular weight is 418 g/mol. The second kappa shape index (κ2) is 10.6. The summed E-state index contributed by atoms with van der Waals surface area (Å²) in [5, 5.41) is 0. The van der Waals surface area contributed by atoms with Crippen molar-refractivity contribution in [1.82, 2.24) is 0 Å². The molecule has 29 heavy (non-hydrogen) atoms. The molecule has 0 radical (unpaired) electrons. The molecule has 0 bridgehead atoms. The van der Waals surface area contributed by atoms with Gasteiger partial charge in [-0.05, 0) is 18.6 Å². The van der Waals surface area contributed by atoms with E-state index in [4.69, 9.17) is 23.7 Å². The first-order chi connectivity index (χ1) is 13.9. The average Bonchev–Trinajstić information content (AvgIpc) is 2.73. The summed E-state index contributed by atoms with van der Waals surface area (Å²) in [6.45, 7) is 3.15. The Kier molecular flexibility index (Phi) is 8.17.